The Morgan fingerprint density at radius 3 is 2.80 bits per heavy atom. The number of amides is 2. The minimum Gasteiger partial charge on any atom is -0.347 e. The topological polar surface area (TPSA) is 54.3 Å². The Hall–Kier alpha value is -2.56. The summed E-state index contributed by atoms with van der Waals surface area (Å²) in [6.07, 6.45) is 4.30. The van der Waals surface area contributed by atoms with Crippen LogP contribution in [0.3, 0.4) is 0 Å². The lowest BCUT2D eigenvalue weighted by molar-refractivity contribution is -0.121. The molecule has 2 aliphatic rings. The lowest BCUT2D eigenvalue weighted by Crippen LogP contribution is -2.49. The van der Waals surface area contributed by atoms with Crippen LogP contribution in [-0.4, -0.2) is 33.9 Å². The standard InChI is InChI=1S/C20H23N3O2/c1-3-7-17-20(14-8-4-5-9-15(14)21-19(20)25)11-13-23(17)18(24)16-10-6-12-22(16)2/h4-6,8-10,12,17H,3,7,11,13H2,1-2H3,(H,21,25)/t17-,20-/m0/s1. The molecule has 2 aliphatic heterocycles. The van der Waals surface area contributed by atoms with Crippen molar-refractivity contribution in [2.75, 3.05) is 11.9 Å². The van der Waals surface area contributed by atoms with E-state index in [0.29, 0.717) is 18.7 Å². The van der Waals surface area contributed by atoms with Gasteiger partial charge in [0.15, 0.2) is 0 Å². The molecule has 1 aromatic heterocycles. The Bertz CT molecular complexity index is 841. The molecule has 2 aromatic rings. The molecule has 130 valence electrons. The number of aromatic nitrogens is 1. The quantitative estimate of drug-likeness (QED) is 0.936. The van der Waals surface area contributed by atoms with E-state index in [9.17, 15) is 9.59 Å². The first-order chi connectivity index (χ1) is 12.1. The molecule has 1 fully saturated rings. The van der Waals surface area contributed by atoms with Gasteiger partial charge >= 0.3 is 0 Å². The Morgan fingerprint density at radius 1 is 1.28 bits per heavy atom. The molecule has 0 bridgehead atoms. The molecule has 4 rings (SSSR count). The number of benzene rings is 1. The monoisotopic (exact) mass is 337 g/mol. The van der Waals surface area contributed by atoms with Gasteiger partial charge in [0.05, 0.1) is 11.5 Å². The number of para-hydroxylation sites is 1. The van der Waals surface area contributed by atoms with Crippen LogP contribution >= 0.6 is 0 Å². The fourth-order valence-corrected chi connectivity index (χ4v) is 4.55. The van der Waals surface area contributed by atoms with Crippen molar-refractivity contribution in [3.63, 3.8) is 0 Å². The average molecular weight is 337 g/mol. The smallest absolute Gasteiger partial charge is 0.270 e. The third-order valence-corrected chi connectivity index (χ3v) is 5.74. The summed E-state index contributed by atoms with van der Waals surface area (Å²) < 4.78 is 1.85. The Morgan fingerprint density at radius 2 is 2.08 bits per heavy atom. The SMILES string of the molecule is CCC[C@@H]1N(C(=O)c2cccn2C)CC[C@@]12C(=O)Nc1ccccc12. The molecule has 25 heavy (non-hydrogen) atoms. The number of anilines is 1. The number of aryl methyl sites for hydroxylation is 1. The highest BCUT2D eigenvalue weighted by atomic mass is 16.2. The number of likely N-dealkylation sites (tertiary alicyclic amines) is 1. The van der Waals surface area contributed by atoms with E-state index in [1.54, 1.807) is 0 Å². The Kier molecular flexibility index (Phi) is 3.67. The maximum atomic E-state index is 13.1. The molecule has 0 unspecified atom stereocenters. The fraction of sp³-hybridized carbons (Fsp3) is 0.400. The van der Waals surface area contributed by atoms with Crippen LogP contribution in [0.2, 0.25) is 0 Å². The van der Waals surface area contributed by atoms with E-state index in [1.165, 1.54) is 0 Å². The maximum absolute atomic E-state index is 13.1. The van der Waals surface area contributed by atoms with E-state index in [4.69, 9.17) is 0 Å². The number of nitrogens with one attached hydrogen (secondary N) is 1. The van der Waals surface area contributed by atoms with Crippen LogP contribution in [0, 0.1) is 0 Å². The van der Waals surface area contributed by atoms with E-state index in [-0.39, 0.29) is 17.9 Å². The molecule has 0 aliphatic carbocycles. The maximum Gasteiger partial charge on any atom is 0.270 e. The van der Waals surface area contributed by atoms with E-state index >= 15 is 0 Å². The largest absolute Gasteiger partial charge is 0.347 e. The average Bonchev–Trinajstić information content (AvgIpc) is 3.27. The van der Waals surface area contributed by atoms with Crippen LogP contribution in [0.15, 0.2) is 42.6 Å². The van der Waals surface area contributed by atoms with Crippen LogP contribution in [0.5, 0.6) is 0 Å². The summed E-state index contributed by atoms with van der Waals surface area (Å²) in [6, 6.07) is 11.5. The zero-order chi connectivity index (χ0) is 17.6. The van der Waals surface area contributed by atoms with Crippen molar-refractivity contribution in [3.05, 3.63) is 53.9 Å². The van der Waals surface area contributed by atoms with Crippen molar-refractivity contribution >= 4 is 17.5 Å². The van der Waals surface area contributed by atoms with Crippen LogP contribution in [0.4, 0.5) is 5.69 Å². The second-order valence-corrected chi connectivity index (χ2v) is 7.03. The second kappa shape index (κ2) is 5.76. The Balaban J connectivity index is 1.78. The first kappa shape index (κ1) is 15.9. The third kappa shape index (κ3) is 2.15. The number of carbonyl (C=O) groups is 2. The van der Waals surface area contributed by atoms with Crippen molar-refractivity contribution in [2.45, 2.75) is 37.6 Å². The van der Waals surface area contributed by atoms with Crippen molar-refractivity contribution in [1.29, 1.82) is 0 Å². The van der Waals surface area contributed by atoms with E-state index in [2.05, 4.69) is 12.2 Å². The van der Waals surface area contributed by atoms with Gasteiger partial charge in [0, 0.05) is 25.5 Å². The lowest BCUT2D eigenvalue weighted by Gasteiger charge is -2.34. The zero-order valence-corrected chi connectivity index (χ0v) is 14.7. The number of fused-ring (bicyclic) bond motifs is 2. The van der Waals surface area contributed by atoms with Crippen molar-refractivity contribution in [1.82, 2.24) is 9.47 Å². The number of hydrogen-bond donors (Lipinski definition) is 1. The summed E-state index contributed by atoms with van der Waals surface area (Å²) in [4.78, 5) is 28.1. The molecule has 0 saturated carbocycles. The van der Waals surface area contributed by atoms with Crippen LogP contribution < -0.4 is 5.32 Å². The normalized spacial score (nSPS) is 24.6. The zero-order valence-electron chi connectivity index (χ0n) is 14.7. The summed E-state index contributed by atoms with van der Waals surface area (Å²) >= 11 is 0. The predicted octanol–water partition coefficient (Wildman–Crippen LogP) is 2.93. The van der Waals surface area contributed by atoms with Crippen LogP contribution in [-0.2, 0) is 17.3 Å². The molecule has 0 radical (unpaired) electrons. The summed E-state index contributed by atoms with van der Waals surface area (Å²) in [5.74, 6) is 0.0503. The second-order valence-electron chi connectivity index (χ2n) is 7.03. The highest BCUT2D eigenvalue weighted by Crippen LogP contribution is 2.49. The van der Waals surface area contributed by atoms with Crippen LogP contribution in [0.25, 0.3) is 0 Å². The highest BCUT2D eigenvalue weighted by molar-refractivity contribution is 6.08. The molecule has 5 heteroatoms. The van der Waals surface area contributed by atoms with Crippen molar-refractivity contribution in [2.24, 2.45) is 7.05 Å². The summed E-state index contributed by atoms with van der Waals surface area (Å²) in [6.45, 7) is 2.71. The molecular weight excluding hydrogens is 314 g/mol. The van der Waals surface area contributed by atoms with Gasteiger partial charge in [0.25, 0.3) is 5.91 Å². The lowest BCUT2D eigenvalue weighted by atomic mass is 9.73. The molecule has 1 aromatic carbocycles. The van der Waals surface area contributed by atoms with Gasteiger partial charge in [-0.3, -0.25) is 9.59 Å². The molecule has 2 atom stereocenters. The van der Waals surface area contributed by atoms with E-state index in [1.807, 2.05) is 59.1 Å². The fourth-order valence-electron chi connectivity index (χ4n) is 4.55. The first-order valence-electron chi connectivity index (χ1n) is 8.93. The van der Waals surface area contributed by atoms with Crippen LogP contribution in [0.1, 0.15) is 42.2 Å². The summed E-state index contributed by atoms with van der Waals surface area (Å²) in [7, 11) is 1.88. The number of carbonyl (C=O) groups excluding carboxylic acids is 2. The predicted molar refractivity (Wildman–Crippen MR) is 96.5 cm³/mol. The molecule has 3 heterocycles. The van der Waals surface area contributed by atoms with E-state index < -0.39 is 5.41 Å². The number of nitrogens with zero attached hydrogens (tertiary/aromatic N) is 2. The number of rotatable bonds is 3. The highest BCUT2D eigenvalue weighted by Gasteiger charge is 2.58. The molecule has 1 spiro atoms. The summed E-state index contributed by atoms with van der Waals surface area (Å²) in [5.41, 5.74) is 1.99. The van der Waals surface area contributed by atoms with Gasteiger partial charge in [0.2, 0.25) is 5.91 Å². The minimum absolute atomic E-state index is 0.0139. The van der Waals surface area contributed by atoms with Gasteiger partial charge in [-0.1, -0.05) is 31.5 Å². The van der Waals surface area contributed by atoms with Gasteiger partial charge in [-0.15, -0.1) is 0 Å². The van der Waals surface area contributed by atoms with E-state index in [0.717, 1.165) is 24.1 Å². The van der Waals surface area contributed by atoms with Gasteiger partial charge in [0.1, 0.15) is 5.69 Å². The third-order valence-electron chi connectivity index (χ3n) is 5.74. The molecule has 1 saturated heterocycles. The van der Waals surface area contributed by atoms with Gasteiger partial charge < -0.3 is 14.8 Å². The minimum atomic E-state index is -0.618. The Labute approximate surface area is 147 Å². The molecule has 1 N–H and O–H groups in total. The van der Waals surface area contributed by atoms with Gasteiger partial charge in [-0.2, -0.15) is 0 Å². The number of hydrogen-bond acceptors (Lipinski definition) is 2. The first-order valence-corrected chi connectivity index (χ1v) is 8.93. The van der Waals surface area contributed by atoms with Gasteiger partial charge in [-0.25, -0.2) is 0 Å². The van der Waals surface area contributed by atoms with Crippen molar-refractivity contribution < 1.29 is 9.59 Å². The van der Waals surface area contributed by atoms with Crippen molar-refractivity contribution in [3.8, 4) is 0 Å². The summed E-state index contributed by atoms with van der Waals surface area (Å²) in [5, 5.41) is 3.04. The van der Waals surface area contributed by atoms with Gasteiger partial charge in [-0.05, 0) is 36.6 Å². The molecule has 5 nitrogen and oxygen atoms in total. The molecule has 2 amide bonds. The molecular formula is C20H23N3O2.